The van der Waals surface area contributed by atoms with Crippen LogP contribution in [0, 0.1) is 20.8 Å². The van der Waals surface area contributed by atoms with Gasteiger partial charge in [0.05, 0.1) is 0 Å². The molecule has 0 spiro atoms. The van der Waals surface area contributed by atoms with Crippen LogP contribution in [0.2, 0.25) is 0 Å². The summed E-state index contributed by atoms with van der Waals surface area (Å²) in [5.41, 5.74) is 8.32. The number of aryl methyl sites for hydroxylation is 3. The summed E-state index contributed by atoms with van der Waals surface area (Å²) in [6.45, 7) is 9.65. The predicted molar refractivity (Wildman–Crippen MR) is 127 cm³/mol. The molecule has 0 aliphatic rings. The molecule has 174 valence electrons. The minimum atomic E-state index is -4.26. The van der Waals surface area contributed by atoms with Crippen LogP contribution in [0.1, 0.15) is 40.9 Å². The van der Waals surface area contributed by atoms with Crippen LogP contribution in [0.3, 0.4) is 0 Å². The number of hydrogen-bond donors (Lipinski definition) is 3. The molecule has 0 bridgehead atoms. The van der Waals surface area contributed by atoms with Gasteiger partial charge in [0, 0.05) is 6.04 Å². The fourth-order valence-corrected chi connectivity index (χ4v) is 4.24. The summed E-state index contributed by atoms with van der Waals surface area (Å²) in [6.07, 6.45) is 0. The van der Waals surface area contributed by atoms with Crippen molar-refractivity contribution in [2.45, 2.75) is 45.7 Å². The molecule has 3 aromatic rings. The molecule has 2 aromatic heterocycles. The van der Waals surface area contributed by atoms with Gasteiger partial charge in [-0.1, -0.05) is 23.8 Å². The topological polar surface area (TPSA) is 136 Å². The highest BCUT2D eigenvalue weighted by Crippen LogP contribution is 2.31. The van der Waals surface area contributed by atoms with Crippen LogP contribution >= 0.6 is 0 Å². The van der Waals surface area contributed by atoms with Crippen LogP contribution in [0.25, 0.3) is 0 Å². The van der Waals surface area contributed by atoms with E-state index in [0.717, 1.165) is 16.7 Å². The molecule has 3 rings (SSSR count). The molecule has 0 saturated carbocycles. The fourth-order valence-electron chi connectivity index (χ4n) is 3.30. The molecule has 33 heavy (non-hydrogen) atoms. The molecular weight excluding hydrogens is 442 g/mol. The number of rotatable bonds is 7. The number of nitrogens with two attached hydrogens (primary N) is 1. The number of nitrogen functional groups attached to an aromatic ring is 1. The molecule has 0 fully saturated rings. The van der Waals surface area contributed by atoms with E-state index in [4.69, 9.17) is 10.5 Å². The molecule has 10 heteroatoms. The number of benzene rings is 1. The number of nitrogens with zero attached hydrogens (tertiary/aromatic N) is 2. The third-order valence-electron chi connectivity index (χ3n) is 4.59. The Morgan fingerprint density at radius 1 is 1.03 bits per heavy atom. The Labute approximate surface area is 193 Å². The summed E-state index contributed by atoms with van der Waals surface area (Å²) in [7, 11) is -4.26. The summed E-state index contributed by atoms with van der Waals surface area (Å²) in [6, 6.07) is 11.2. The lowest BCUT2D eigenvalue weighted by atomic mass is 10.1. The van der Waals surface area contributed by atoms with Gasteiger partial charge in [0.1, 0.15) is 22.9 Å². The standard InChI is InChI=1S/C23H27N5O4S/c1-13(2)25-19-10-9-17(22(29)28-33(30,31)20-8-6-7-18(24)26-20)23(27-19)32-21-15(4)11-14(3)12-16(21)5/h6-13H,1-5H3,(H2,24,26)(H,25,27)(H,28,29). The van der Waals surface area contributed by atoms with Crippen LogP contribution in [-0.2, 0) is 10.0 Å². The van der Waals surface area contributed by atoms with Gasteiger partial charge in [0.15, 0.2) is 5.03 Å². The van der Waals surface area contributed by atoms with Crippen molar-refractivity contribution >= 4 is 27.6 Å². The lowest BCUT2D eigenvalue weighted by molar-refractivity contribution is 0.0978. The number of aromatic nitrogens is 2. The van der Waals surface area contributed by atoms with E-state index in [9.17, 15) is 13.2 Å². The number of carbonyl (C=O) groups is 1. The second kappa shape index (κ2) is 9.45. The Morgan fingerprint density at radius 3 is 2.30 bits per heavy atom. The van der Waals surface area contributed by atoms with Crippen molar-refractivity contribution in [3.63, 3.8) is 0 Å². The minimum Gasteiger partial charge on any atom is -0.438 e. The van der Waals surface area contributed by atoms with Crippen LogP contribution < -0.4 is 20.5 Å². The number of hydrogen-bond acceptors (Lipinski definition) is 8. The molecule has 0 aliphatic heterocycles. The van der Waals surface area contributed by atoms with Gasteiger partial charge in [-0.3, -0.25) is 4.79 Å². The lowest BCUT2D eigenvalue weighted by Gasteiger charge is -2.17. The molecule has 2 heterocycles. The van der Waals surface area contributed by atoms with Crippen molar-refractivity contribution < 1.29 is 17.9 Å². The first-order valence-corrected chi connectivity index (χ1v) is 11.8. The van der Waals surface area contributed by atoms with Crippen molar-refractivity contribution in [1.82, 2.24) is 14.7 Å². The molecule has 4 N–H and O–H groups in total. The Balaban J connectivity index is 2.01. The number of carbonyl (C=O) groups excluding carboxylic acids is 1. The normalized spacial score (nSPS) is 11.3. The maximum Gasteiger partial charge on any atom is 0.281 e. The van der Waals surface area contributed by atoms with E-state index in [2.05, 4.69) is 15.3 Å². The van der Waals surface area contributed by atoms with E-state index in [-0.39, 0.29) is 28.3 Å². The summed E-state index contributed by atoms with van der Waals surface area (Å²) < 4.78 is 33.4. The van der Waals surface area contributed by atoms with Crippen molar-refractivity contribution in [2.75, 3.05) is 11.1 Å². The third-order valence-corrected chi connectivity index (χ3v) is 5.82. The van der Waals surface area contributed by atoms with E-state index < -0.39 is 15.9 Å². The van der Waals surface area contributed by atoms with Gasteiger partial charge >= 0.3 is 0 Å². The molecule has 0 radical (unpaired) electrons. The summed E-state index contributed by atoms with van der Waals surface area (Å²) in [5.74, 6) is 0.123. The average molecular weight is 470 g/mol. The van der Waals surface area contributed by atoms with E-state index in [1.807, 2.05) is 51.5 Å². The van der Waals surface area contributed by atoms with Crippen molar-refractivity contribution in [3.05, 3.63) is 64.7 Å². The molecule has 0 saturated heterocycles. The quantitative estimate of drug-likeness (QED) is 0.476. The van der Waals surface area contributed by atoms with Crippen LogP contribution in [0.4, 0.5) is 11.6 Å². The van der Waals surface area contributed by atoms with Gasteiger partial charge < -0.3 is 15.8 Å². The molecule has 0 atom stereocenters. The van der Waals surface area contributed by atoms with Gasteiger partial charge in [0.2, 0.25) is 5.88 Å². The highest BCUT2D eigenvalue weighted by atomic mass is 32.2. The number of nitrogens with one attached hydrogen (secondary N) is 2. The van der Waals surface area contributed by atoms with Gasteiger partial charge in [-0.2, -0.15) is 13.4 Å². The Hall–Kier alpha value is -3.66. The number of ether oxygens (including phenoxy) is 1. The number of anilines is 2. The Kier molecular flexibility index (Phi) is 6.87. The largest absolute Gasteiger partial charge is 0.438 e. The highest BCUT2D eigenvalue weighted by molar-refractivity contribution is 7.90. The first kappa shape index (κ1) is 24.0. The number of amides is 1. The van der Waals surface area contributed by atoms with E-state index in [1.165, 1.54) is 24.3 Å². The maximum atomic E-state index is 13.0. The summed E-state index contributed by atoms with van der Waals surface area (Å²) in [4.78, 5) is 21.2. The van der Waals surface area contributed by atoms with Crippen LogP contribution in [-0.4, -0.2) is 30.3 Å². The fraction of sp³-hybridized carbons (Fsp3) is 0.261. The number of sulfonamides is 1. The molecule has 0 aliphatic carbocycles. The second-order valence-corrected chi connectivity index (χ2v) is 9.64. The van der Waals surface area contributed by atoms with Gasteiger partial charge in [-0.15, -0.1) is 0 Å². The minimum absolute atomic E-state index is 0.0189. The molecule has 1 amide bonds. The maximum absolute atomic E-state index is 13.0. The number of pyridine rings is 2. The van der Waals surface area contributed by atoms with Crippen molar-refractivity contribution in [3.8, 4) is 11.6 Å². The monoisotopic (exact) mass is 469 g/mol. The third kappa shape index (κ3) is 5.78. The highest BCUT2D eigenvalue weighted by Gasteiger charge is 2.24. The SMILES string of the molecule is Cc1cc(C)c(Oc2nc(NC(C)C)ccc2C(=O)NS(=O)(=O)c2cccc(N)n2)c(C)c1. The second-order valence-electron chi connectivity index (χ2n) is 8.01. The summed E-state index contributed by atoms with van der Waals surface area (Å²) in [5, 5.41) is 2.78. The molecule has 9 nitrogen and oxygen atoms in total. The predicted octanol–water partition coefficient (Wildman–Crippen LogP) is 3.72. The van der Waals surface area contributed by atoms with Crippen LogP contribution in [0.15, 0.2) is 47.5 Å². The van der Waals surface area contributed by atoms with E-state index >= 15 is 0 Å². The van der Waals surface area contributed by atoms with Crippen LogP contribution in [0.5, 0.6) is 11.6 Å². The smallest absolute Gasteiger partial charge is 0.281 e. The Morgan fingerprint density at radius 2 is 1.70 bits per heavy atom. The molecule has 1 aromatic carbocycles. The van der Waals surface area contributed by atoms with E-state index in [1.54, 1.807) is 6.07 Å². The zero-order valence-corrected chi connectivity index (χ0v) is 19.9. The summed E-state index contributed by atoms with van der Waals surface area (Å²) >= 11 is 0. The first-order valence-electron chi connectivity index (χ1n) is 10.3. The van der Waals surface area contributed by atoms with Gasteiger partial charge in [-0.05, 0) is 70.0 Å². The lowest BCUT2D eigenvalue weighted by Crippen LogP contribution is -2.31. The first-order chi connectivity index (χ1) is 15.5. The Bertz CT molecular complexity index is 1280. The van der Waals surface area contributed by atoms with Crippen molar-refractivity contribution in [2.24, 2.45) is 0 Å². The zero-order valence-electron chi connectivity index (χ0n) is 19.1. The van der Waals surface area contributed by atoms with E-state index in [0.29, 0.717) is 11.6 Å². The zero-order chi connectivity index (χ0) is 24.3. The van der Waals surface area contributed by atoms with Crippen molar-refractivity contribution in [1.29, 1.82) is 0 Å². The van der Waals surface area contributed by atoms with Gasteiger partial charge in [-0.25, -0.2) is 9.71 Å². The average Bonchev–Trinajstić information content (AvgIpc) is 2.70. The molecule has 0 unspecified atom stereocenters. The molecular formula is C23H27N5O4S. The van der Waals surface area contributed by atoms with Gasteiger partial charge in [0.25, 0.3) is 15.9 Å².